The molecular formula is C21H33Cl2N3O3. The molecule has 3 aliphatic rings. The maximum absolute atomic E-state index is 12.8. The van der Waals surface area contributed by atoms with Crippen molar-refractivity contribution in [2.75, 3.05) is 53.0 Å². The Labute approximate surface area is 185 Å². The van der Waals surface area contributed by atoms with Crippen LogP contribution in [0.25, 0.3) is 0 Å². The van der Waals surface area contributed by atoms with Crippen molar-refractivity contribution in [2.24, 2.45) is 11.3 Å². The highest BCUT2D eigenvalue weighted by atomic mass is 35.5. The second kappa shape index (κ2) is 10.8. The Bertz CT molecular complexity index is 647. The van der Waals surface area contributed by atoms with Gasteiger partial charge in [0.1, 0.15) is 5.75 Å². The van der Waals surface area contributed by atoms with Crippen molar-refractivity contribution in [3.05, 3.63) is 29.8 Å². The van der Waals surface area contributed by atoms with Crippen molar-refractivity contribution in [2.45, 2.75) is 25.3 Å². The fourth-order valence-electron chi connectivity index (χ4n) is 4.69. The summed E-state index contributed by atoms with van der Waals surface area (Å²) in [4.78, 5) is 15.2. The van der Waals surface area contributed by atoms with Crippen molar-refractivity contribution in [1.82, 2.24) is 15.5 Å². The molecule has 3 fully saturated rings. The molecule has 1 amide bonds. The van der Waals surface area contributed by atoms with Gasteiger partial charge in [0, 0.05) is 25.6 Å². The largest absolute Gasteiger partial charge is 0.497 e. The maximum Gasteiger partial charge on any atom is 0.223 e. The fourth-order valence-corrected chi connectivity index (χ4v) is 4.69. The number of amides is 1. The van der Waals surface area contributed by atoms with Gasteiger partial charge >= 0.3 is 0 Å². The van der Waals surface area contributed by atoms with Crippen LogP contribution in [0.1, 0.15) is 30.9 Å². The molecular weight excluding hydrogens is 413 g/mol. The molecule has 4 rings (SSSR count). The number of piperidine rings is 1. The average Bonchev–Trinajstić information content (AvgIpc) is 3.42. The monoisotopic (exact) mass is 445 g/mol. The normalized spacial score (nSPS) is 24.0. The zero-order valence-corrected chi connectivity index (χ0v) is 18.7. The highest BCUT2D eigenvalue weighted by molar-refractivity contribution is 5.85. The zero-order chi connectivity index (χ0) is 18.7. The first-order chi connectivity index (χ1) is 13.2. The zero-order valence-electron chi connectivity index (χ0n) is 17.0. The molecule has 1 aliphatic carbocycles. The van der Waals surface area contributed by atoms with Gasteiger partial charge in [0.05, 0.1) is 26.4 Å². The lowest BCUT2D eigenvalue weighted by molar-refractivity contribution is -0.123. The number of ether oxygens (including phenoxy) is 2. The Morgan fingerprint density at radius 2 is 1.90 bits per heavy atom. The Kier molecular flexibility index (Phi) is 9.04. The van der Waals surface area contributed by atoms with E-state index in [0.717, 1.165) is 64.4 Å². The van der Waals surface area contributed by atoms with Crippen LogP contribution in [-0.2, 0) is 9.53 Å². The summed E-state index contributed by atoms with van der Waals surface area (Å²) in [5, 5.41) is 6.67. The van der Waals surface area contributed by atoms with E-state index in [1.165, 1.54) is 5.56 Å². The molecule has 1 aromatic rings. The minimum atomic E-state index is 0. The van der Waals surface area contributed by atoms with Crippen molar-refractivity contribution in [3.8, 4) is 5.75 Å². The molecule has 2 saturated heterocycles. The number of carbonyl (C=O) groups excluding carboxylic acids is 1. The Morgan fingerprint density at radius 3 is 2.52 bits per heavy atom. The summed E-state index contributed by atoms with van der Waals surface area (Å²) in [6, 6.07) is 8.38. The van der Waals surface area contributed by atoms with Gasteiger partial charge in [-0.25, -0.2) is 0 Å². The molecule has 8 heteroatoms. The van der Waals surface area contributed by atoms with Crippen LogP contribution in [0.4, 0.5) is 0 Å². The Morgan fingerprint density at radius 1 is 1.24 bits per heavy atom. The molecule has 29 heavy (non-hydrogen) atoms. The summed E-state index contributed by atoms with van der Waals surface area (Å²) in [6.07, 6.45) is 3.33. The topological polar surface area (TPSA) is 62.8 Å². The summed E-state index contributed by atoms with van der Waals surface area (Å²) >= 11 is 0. The summed E-state index contributed by atoms with van der Waals surface area (Å²) in [5.41, 5.74) is 1.49. The SMILES string of the molecule is COc1ccc(C(CNC(=O)C2CC23CCNCC3)N2CCOCC2)cc1.Cl.Cl. The van der Waals surface area contributed by atoms with Crippen LogP contribution >= 0.6 is 24.8 Å². The predicted octanol–water partition coefficient (Wildman–Crippen LogP) is 2.42. The van der Waals surface area contributed by atoms with E-state index in [2.05, 4.69) is 27.7 Å². The molecule has 164 valence electrons. The predicted molar refractivity (Wildman–Crippen MR) is 118 cm³/mol. The summed E-state index contributed by atoms with van der Waals surface area (Å²) in [7, 11) is 1.68. The lowest BCUT2D eigenvalue weighted by atomic mass is 9.91. The minimum Gasteiger partial charge on any atom is -0.497 e. The number of halogens is 2. The lowest BCUT2D eigenvalue weighted by Crippen LogP contribution is -2.44. The second-order valence-corrected chi connectivity index (χ2v) is 8.05. The number of carbonyl (C=O) groups is 1. The van der Waals surface area contributed by atoms with E-state index < -0.39 is 0 Å². The molecule has 0 bridgehead atoms. The number of hydrogen-bond donors (Lipinski definition) is 2. The number of nitrogens with one attached hydrogen (secondary N) is 2. The van der Waals surface area contributed by atoms with Gasteiger partial charge in [-0.2, -0.15) is 0 Å². The van der Waals surface area contributed by atoms with Crippen molar-refractivity contribution < 1.29 is 14.3 Å². The quantitative estimate of drug-likeness (QED) is 0.703. The first-order valence-corrected chi connectivity index (χ1v) is 10.2. The van der Waals surface area contributed by atoms with Crippen LogP contribution in [0.15, 0.2) is 24.3 Å². The van der Waals surface area contributed by atoms with E-state index in [0.29, 0.717) is 6.54 Å². The van der Waals surface area contributed by atoms with Gasteiger partial charge in [-0.3, -0.25) is 9.69 Å². The van der Waals surface area contributed by atoms with Gasteiger partial charge in [0.25, 0.3) is 0 Å². The van der Waals surface area contributed by atoms with Crippen LogP contribution in [0, 0.1) is 11.3 Å². The number of benzene rings is 1. The smallest absolute Gasteiger partial charge is 0.223 e. The standard InChI is InChI=1S/C21H31N3O3.2ClH/c1-26-17-4-2-16(3-5-17)19(24-10-12-27-13-11-24)15-23-20(25)18-14-21(18)6-8-22-9-7-21;;/h2-5,18-19,22H,6-15H2,1H3,(H,23,25);2*1H. The van der Waals surface area contributed by atoms with Crippen LogP contribution < -0.4 is 15.4 Å². The maximum atomic E-state index is 12.8. The average molecular weight is 446 g/mol. The van der Waals surface area contributed by atoms with Crippen LogP contribution in [0.2, 0.25) is 0 Å². The van der Waals surface area contributed by atoms with Crippen molar-refractivity contribution in [3.63, 3.8) is 0 Å². The molecule has 1 spiro atoms. The van der Waals surface area contributed by atoms with Crippen LogP contribution in [0.3, 0.4) is 0 Å². The molecule has 0 radical (unpaired) electrons. The number of hydrogen-bond acceptors (Lipinski definition) is 5. The fraction of sp³-hybridized carbons (Fsp3) is 0.667. The molecule has 2 atom stereocenters. The van der Waals surface area contributed by atoms with Crippen molar-refractivity contribution in [1.29, 1.82) is 0 Å². The van der Waals surface area contributed by atoms with Gasteiger partial charge in [-0.1, -0.05) is 12.1 Å². The first kappa shape index (κ1) is 24.2. The van der Waals surface area contributed by atoms with Gasteiger partial charge < -0.3 is 20.1 Å². The first-order valence-electron chi connectivity index (χ1n) is 10.2. The van der Waals surface area contributed by atoms with E-state index in [1.54, 1.807) is 7.11 Å². The van der Waals surface area contributed by atoms with E-state index in [9.17, 15) is 4.79 Å². The Balaban J connectivity index is 0.00000150. The van der Waals surface area contributed by atoms with Gasteiger partial charge in [0.2, 0.25) is 5.91 Å². The third-order valence-corrected chi connectivity index (χ3v) is 6.56. The van der Waals surface area contributed by atoms with E-state index in [4.69, 9.17) is 9.47 Å². The Hall–Kier alpha value is -1.05. The molecule has 2 aliphatic heterocycles. The third-order valence-electron chi connectivity index (χ3n) is 6.56. The van der Waals surface area contributed by atoms with Crippen LogP contribution in [0.5, 0.6) is 5.75 Å². The number of rotatable bonds is 6. The summed E-state index contributed by atoms with van der Waals surface area (Å²) in [5.74, 6) is 1.30. The molecule has 2 heterocycles. The number of nitrogens with zero attached hydrogens (tertiary/aromatic N) is 1. The van der Waals surface area contributed by atoms with Gasteiger partial charge in [-0.05, 0) is 55.5 Å². The highest BCUT2D eigenvalue weighted by Gasteiger charge is 2.57. The molecule has 1 aromatic carbocycles. The van der Waals surface area contributed by atoms with Gasteiger partial charge in [-0.15, -0.1) is 24.8 Å². The molecule has 2 unspecified atom stereocenters. The second-order valence-electron chi connectivity index (χ2n) is 8.05. The summed E-state index contributed by atoms with van der Waals surface area (Å²) < 4.78 is 10.8. The number of morpholine rings is 1. The molecule has 1 saturated carbocycles. The molecule has 0 aromatic heterocycles. The van der Waals surface area contributed by atoms with Gasteiger partial charge in [0.15, 0.2) is 0 Å². The molecule has 2 N–H and O–H groups in total. The van der Waals surface area contributed by atoms with E-state index in [-0.39, 0.29) is 48.1 Å². The highest BCUT2D eigenvalue weighted by Crippen LogP contribution is 2.58. The van der Waals surface area contributed by atoms with Crippen molar-refractivity contribution >= 4 is 30.7 Å². The molecule has 6 nitrogen and oxygen atoms in total. The summed E-state index contributed by atoms with van der Waals surface area (Å²) in [6.45, 7) is 6.03. The van der Waals surface area contributed by atoms with E-state index >= 15 is 0 Å². The minimum absolute atomic E-state index is 0. The third kappa shape index (κ3) is 5.56. The van der Waals surface area contributed by atoms with Crippen LogP contribution in [-0.4, -0.2) is 63.9 Å². The lowest BCUT2D eigenvalue weighted by Gasteiger charge is -2.35. The van der Waals surface area contributed by atoms with E-state index in [1.807, 2.05) is 12.1 Å². The number of methoxy groups -OCH3 is 1.